The van der Waals surface area contributed by atoms with Gasteiger partial charge in [0, 0.05) is 12.1 Å². The average Bonchev–Trinajstić information content (AvgIpc) is 2.90. The van der Waals surface area contributed by atoms with E-state index in [4.69, 9.17) is 4.74 Å². The van der Waals surface area contributed by atoms with Crippen molar-refractivity contribution in [3.63, 3.8) is 0 Å². The van der Waals surface area contributed by atoms with Crippen molar-refractivity contribution in [1.29, 1.82) is 0 Å². The van der Waals surface area contributed by atoms with Gasteiger partial charge >= 0.3 is 0 Å². The van der Waals surface area contributed by atoms with Crippen LogP contribution in [0.1, 0.15) is 24.5 Å². The van der Waals surface area contributed by atoms with Gasteiger partial charge in [-0.15, -0.1) is 10.2 Å². The molecule has 2 aromatic rings. The van der Waals surface area contributed by atoms with E-state index < -0.39 is 0 Å². The summed E-state index contributed by atoms with van der Waals surface area (Å²) >= 11 is 0. The molecule has 21 heavy (non-hydrogen) atoms. The molecule has 1 N–H and O–H groups in total. The van der Waals surface area contributed by atoms with Crippen LogP contribution in [0, 0.1) is 6.92 Å². The lowest BCUT2D eigenvalue weighted by Gasteiger charge is -2.22. The number of aromatic nitrogens is 3. The minimum absolute atomic E-state index is 0.389. The van der Waals surface area contributed by atoms with Crippen LogP contribution in [0.4, 0.5) is 0 Å². The van der Waals surface area contributed by atoms with Crippen molar-refractivity contribution in [2.45, 2.75) is 32.3 Å². The van der Waals surface area contributed by atoms with E-state index in [0.29, 0.717) is 12.7 Å². The van der Waals surface area contributed by atoms with Crippen LogP contribution in [0.3, 0.4) is 0 Å². The molecule has 0 spiro atoms. The molecule has 0 unspecified atom stereocenters. The highest BCUT2D eigenvalue weighted by Crippen LogP contribution is 2.14. The maximum atomic E-state index is 5.97. The molecular formula is C16H22N4O. The number of aryl methyl sites for hydroxylation is 1. The Labute approximate surface area is 125 Å². The molecule has 1 saturated heterocycles. The van der Waals surface area contributed by atoms with E-state index >= 15 is 0 Å². The van der Waals surface area contributed by atoms with Crippen LogP contribution in [-0.4, -0.2) is 40.6 Å². The lowest BCUT2D eigenvalue weighted by Crippen LogP contribution is -2.32. The van der Waals surface area contributed by atoms with E-state index in [1.807, 2.05) is 25.1 Å². The molecule has 2 heterocycles. The predicted octanol–water partition coefficient (Wildman–Crippen LogP) is 1.89. The smallest absolute Gasteiger partial charge is 0.139 e. The second-order valence-corrected chi connectivity index (χ2v) is 5.40. The summed E-state index contributed by atoms with van der Waals surface area (Å²) in [6.07, 6.45) is 3.38. The van der Waals surface area contributed by atoms with Crippen molar-refractivity contribution in [1.82, 2.24) is 20.1 Å². The van der Waals surface area contributed by atoms with Gasteiger partial charge in [0.05, 0.1) is 12.7 Å². The van der Waals surface area contributed by atoms with Crippen LogP contribution in [0.25, 0.3) is 5.69 Å². The van der Waals surface area contributed by atoms with E-state index in [9.17, 15) is 0 Å². The molecule has 0 amide bonds. The zero-order chi connectivity index (χ0) is 14.5. The molecule has 5 nitrogen and oxygen atoms in total. The topological polar surface area (TPSA) is 52.0 Å². The van der Waals surface area contributed by atoms with Gasteiger partial charge < -0.3 is 10.1 Å². The Balaban J connectivity index is 1.63. The first-order valence-corrected chi connectivity index (χ1v) is 7.63. The molecule has 1 aromatic carbocycles. The number of rotatable bonds is 5. The number of nitrogens with zero attached hydrogens (tertiary/aromatic N) is 3. The number of nitrogens with one attached hydrogen (secondary N) is 1. The molecule has 0 bridgehead atoms. The summed E-state index contributed by atoms with van der Waals surface area (Å²) in [5, 5.41) is 11.9. The molecule has 1 aliphatic rings. The number of hydrogen-bond donors (Lipinski definition) is 1. The zero-order valence-electron chi connectivity index (χ0n) is 12.5. The third-order valence-electron chi connectivity index (χ3n) is 3.87. The average molecular weight is 286 g/mol. The Kier molecular flexibility index (Phi) is 4.62. The number of benzene rings is 1. The van der Waals surface area contributed by atoms with Crippen molar-refractivity contribution < 1.29 is 4.74 Å². The number of hydrogen-bond acceptors (Lipinski definition) is 4. The first-order chi connectivity index (χ1) is 10.3. The molecule has 0 radical (unpaired) electrons. The highest BCUT2D eigenvalue weighted by Gasteiger charge is 2.15. The van der Waals surface area contributed by atoms with Crippen molar-refractivity contribution in [2.75, 3.05) is 19.7 Å². The normalized spacial score (nSPS) is 16.2. The fourth-order valence-electron chi connectivity index (χ4n) is 2.76. The maximum absolute atomic E-state index is 5.97. The van der Waals surface area contributed by atoms with Gasteiger partial charge in [-0.3, -0.25) is 4.57 Å². The lowest BCUT2D eigenvalue weighted by molar-refractivity contribution is 0.0341. The summed E-state index contributed by atoms with van der Waals surface area (Å²) in [5.74, 6) is 1.88. The van der Waals surface area contributed by atoms with Crippen molar-refractivity contribution in [3.05, 3.63) is 42.0 Å². The Morgan fingerprint density at radius 2 is 1.95 bits per heavy atom. The van der Waals surface area contributed by atoms with Crippen LogP contribution >= 0.6 is 0 Å². The van der Waals surface area contributed by atoms with E-state index in [0.717, 1.165) is 49.7 Å². The summed E-state index contributed by atoms with van der Waals surface area (Å²) < 4.78 is 8.07. The summed E-state index contributed by atoms with van der Waals surface area (Å²) in [6.45, 7) is 4.81. The number of ether oxygens (including phenoxy) is 1. The van der Waals surface area contributed by atoms with Crippen LogP contribution in [0.2, 0.25) is 0 Å². The number of piperidine rings is 1. The molecular weight excluding hydrogens is 264 g/mol. The Morgan fingerprint density at radius 1 is 1.19 bits per heavy atom. The number of para-hydroxylation sites is 1. The van der Waals surface area contributed by atoms with Gasteiger partial charge in [0.2, 0.25) is 0 Å². The summed E-state index contributed by atoms with van der Waals surface area (Å²) in [5.41, 5.74) is 1.11. The van der Waals surface area contributed by atoms with Crippen LogP contribution in [-0.2, 0) is 11.2 Å². The van der Waals surface area contributed by atoms with Crippen LogP contribution < -0.4 is 5.32 Å². The summed E-state index contributed by atoms with van der Waals surface area (Å²) in [4.78, 5) is 0. The minimum Gasteiger partial charge on any atom is -0.378 e. The third kappa shape index (κ3) is 3.49. The maximum Gasteiger partial charge on any atom is 0.139 e. The van der Waals surface area contributed by atoms with Gasteiger partial charge in [-0.05, 0) is 45.0 Å². The SMILES string of the molecule is Cc1nnc(CCOC2CCNCC2)n1-c1ccccc1. The van der Waals surface area contributed by atoms with E-state index in [1.165, 1.54) is 0 Å². The van der Waals surface area contributed by atoms with Crippen molar-refractivity contribution >= 4 is 0 Å². The highest BCUT2D eigenvalue weighted by molar-refractivity contribution is 5.33. The monoisotopic (exact) mass is 286 g/mol. The molecule has 0 aliphatic carbocycles. The largest absolute Gasteiger partial charge is 0.378 e. The van der Waals surface area contributed by atoms with E-state index in [1.54, 1.807) is 0 Å². The fourth-order valence-corrected chi connectivity index (χ4v) is 2.76. The van der Waals surface area contributed by atoms with Gasteiger partial charge in [0.15, 0.2) is 0 Å². The molecule has 0 saturated carbocycles. The summed E-state index contributed by atoms with van der Waals surface area (Å²) in [6, 6.07) is 10.2. The minimum atomic E-state index is 0.389. The second-order valence-electron chi connectivity index (χ2n) is 5.40. The first-order valence-electron chi connectivity index (χ1n) is 7.63. The quantitative estimate of drug-likeness (QED) is 0.912. The fraction of sp³-hybridized carbons (Fsp3) is 0.500. The molecule has 1 aromatic heterocycles. The lowest BCUT2D eigenvalue weighted by atomic mass is 10.1. The molecule has 0 atom stereocenters. The summed E-state index contributed by atoms with van der Waals surface area (Å²) in [7, 11) is 0. The Bertz CT molecular complexity index is 561. The van der Waals surface area contributed by atoms with Gasteiger partial charge in [-0.1, -0.05) is 18.2 Å². The van der Waals surface area contributed by atoms with Gasteiger partial charge in [0.25, 0.3) is 0 Å². The van der Waals surface area contributed by atoms with Crippen molar-refractivity contribution in [2.24, 2.45) is 0 Å². The molecule has 5 heteroatoms. The Hall–Kier alpha value is -1.72. The van der Waals surface area contributed by atoms with Gasteiger partial charge in [-0.25, -0.2) is 0 Å². The zero-order valence-corrected chi connectivity index (χ0v) is 12.5. The highest BCUT2D eigenvalue weighted by atomic mass is 16.5. The van der Waals surface area contributed by atoms with E-state index in [2.05, 4.69) is 32.2 Å². The van der Waals surface area contributed by atoms with Gasteiger partial charge in [-0.2, -0.15) is 0 Å². The molecule has 1 aliphatic heterocycles. The Morgan fingerprint density at radius 3 is 2.71 bits per heavy atom. The molecule has 112 valence electrons. The molecule has 1 fully saturated rings. The van der Waals surface area contributed by atoms with Crippen molar-refractivity contribution in [3.8, 4) is 5.69 Å². The molecule has 3 rings (SSSR count). The van der Waals surface area contributed by atoms with Gasteiger partial charge in [0.1, 0.15) is 11.6 Å². The standard InChI is InChI=1S/C16H22N4O/c1-13-18-19-16(20(13)14-5-3-2-4-6-14)9-12-21-15-7-10-17-11-8-15/h2-6,15,17H,7-12H2,1H3. The second kappa shape index (κ2) is 6.83. The van der Waals surface area contributed by atoms with Crippen LogP contribution in [0.15, 0.2) is 30.3 Å². The third-order valence-corrected chi connectivity index (χ3v) is 3.87. The van der Waals surface area contributed by atoms with E-state index in [-0.39, 0.29) is 0 Å². The predicted molar refractivity (Wildman–Crippen MR) is 81.6 cm³/mol. The first kappa shape index (κ1) is 14.2. The van der Waals surface area contributed by atoms with Crippen LogP contribution in [0.5, 0.6) is 0 Å².